The van der Waals surface area contributed by atoms with Crippen molar-refractivity contribution in [2.75, 3.05) is 6.54 Å². The van der Waals surface area contributed by atoms with Crippen molar-refractivity contribution in [3.8, 4) is 0 Å². The lowest BCUT2D eigenvalue weighted by molar-refractivity contribution is -0.144. The Labute approximate surface area is 115 Å². The normalized spacial score (nSPS) is 40.0. The van der Waals surface area contributed by atoms with Gasteiger partial charge in [0.05, 0.1) is 11.5 Å². The van der Waals surface area contributed by atoms with Crippen molar-refractivity contribution in [2.24, 2.45) is 11.8 Å². The van der Waals surface area contributed by atoms with Crippen LogP contribution < -0.4 is 5.32 Å². The van der Waals surface area contributed by atoms with Crippen LogP contribution >= 0.6 is 0 Å². The van der Waals surface area contributed by atoms with Gasteiger partial charge in [0.2, 0.25) is 0 Å². The van der Waals surface area contributed by atoms with Crippen molar-refractivity contribution in [3.63, 3.8) is 0 Å². The van der Waals surface area contributed by atoms with E-state index in [1.807, 2.05) is 0 Å². The molecule has 0 heterocycles. The molecular weight excluding hydrogens is 242 g/mol. The Bertz CT molecular complexity index is 311. The van der Waals surface area contributed by atoms with E-state index in [2.05, 4.69) is 12.2 Å². The maximum atomic E-state index is 10.9. The molecular formula is C15H27NO3. The molecule has 0 aromatic rings. The van der Waals surface area contributed by atoms with E-state index in [0.717, 1.165) is 0 Å². The van der Waals surface area contributed by atoms with Crippen LogP contribution in [0.15, 0.2) is 0 Å². The van der Waals surface area contributed by atoms with Crippen LogP contribution in [0.5, 0.6) is 0 Å². The first kappa shape index (κ1) is 14.8. The monoisotopic (exact) mass is 269 g/mol. The van der Waals surface area contributed by atoms with Gasteiger partial charge >= 0.3 is 5.97 Å². The molecule has 2 aliphatic carbocycles. The highest BCUT2D eigenvalue weighted by Gasteiger charge is 2.36. The summed E-state index contributed by atoms with van der Waals surface area (Å²) in [6, 6.07) is 0.523. The van der Waals surface area contributed by atoms with Gasteiger partial charge in [0.25, 0.3) is 0 Å². The van der Waals surface area contributed by atoms with Crippen LogP contribution in [-0.2, 0) is 4.79 Å². The molecule has 110 valence electrons. The molecule has 2 saturated carbocycles. The summed E-state index contributed by atoms with van der Waals surface area (Å²) in [5.41, 5.74) is -0.691. The first-order valence-electron chi connectivity index (χ1n) is 7.69. The fourth-order valence-electron chi connectivity index (χ4n) is 3.52. The van der Waals surface area contributed by atoms with Gasteiger partial charge in [0.1, 0.15) is 0 Å². The predicted octanol–water partition coefficient (Wildman–Crippen LogP) is 2.16. The van der Waals surface area contributed by atoms with E-state index in [9.17, 15) is 9.90 Å². The van der Waals surface area contributed by atoms with E-state index >= 15 is 0 Å². The standard InChI is InChI=1S/C15H27NO3/c1-11-4-2-3-5-13(11)16-10-15(19)8-6-12(7-9-15)14(17)18/h11-13,16,19H,2-10H2,1H3,(H,17,18). The molecule has 4 nitrogen and oxygen atoms in total. The third-order valence-electron chi connectivity index (χ3n) is 5.07. The predicted molar refractivity (Wildman–Crippen MR) is 74.0 cm³/mol. The van der Waals surface area contributed by atoms with Crippen LogP contribution in [-0.4, -0.2) is 34.4 Å². The summed E-state index contributed by atoms with van der Waals surface area (Å²) in [6.45, 7) is 2.90. The molecule has 2 rings (SSSR count). The molecule has 0 spiro atoms. The topological polar surface area (TPSA) is 69.6 Å². The third-order valence-corrected chi connectivity index (χ3v) is 5.07. The second-order valence-electron chi connectivity index (χ2n) is 6.59. The molecule has 2 aliphatic rings. The Kier molecular flexibility index (Phi) is 4.85. The van der Waals surface area contributed by atoms with Crippen molar-refractivity contribution in [3.05, 3.63) is 0 Å². The zero-order chi connectivity index (χ0) is 13.9. The molecule has 19 heavy (non-hydrogen) atoms. The average Bonchev–Trinajstić information content (AvgIpc) is 2.38. The van der Waals surface area contributed by atoms with Crippen LogP contribution in [0.25, 0.3) is 0 Å². The minimum atomic E-state index is -0.712. The van der Waals surface area contributed by atoms with Crippen molar-refractivity contribution >= 4 is 5.97 Å². The number of carbonyl (C=O) groups is 1. The second kappa shape index (κ2) is 6.23. The maximum Gasteiger partial charge on any atom is 0.306 e. The van der Waals surface area contributed by atoms with Gasteiger partial charge in [-0.1, -0.05) is 19.8 Å². The number of hydrogen-bond donors (Lipinski definition) is 3. The summed E-state index contributed by atoms with van der Waals surface area (Å²) in [6.07, 6.45) is 7.51. The smallest absolute Gasteiger partial charge is 0.306 e. The van der Waals surface area contributed by atoms with Gasteiger partial charge in [0.15, 0.2) is 0 Å². The van der Waals surface area contributed by atoms with Gasteiger partial charge in [-0.05, 0) is 44.4 Å². The highest BCUT2D eigenvalue weighted by Crippen LogP contribution is 2.32. The zero-order valence-electron chi connectivity index (χ0n) is 11.9. The summed E-state index contributed by atoms with van der Waals surface area (Å²) in [4.78, 5) is 10.9. The molecule has 0 bridgehead atoms. The van der Waals surface area contributed by atoms with E-state index in [-0.39, 0.29) is 5.92 Å². The second-order valence-corrected chi connectivity index (χ2v) is 6.59. The van der Waals surface area contributed by atoms with Crippen LogP contribution in [0.2, 0.25) is 0 Å². The Morgan fingerprint density at radius 3 is 2.42 bits per heavy atom. The third kappa shape index (κ3) is 3.93. The van der Waals surface area contributed by atoms with Crippen LogP contribution in [0.1, 0.15) is 58.3 Å². The van der Waals surface area contributed by atoms with Gasteiger partial charge < -0.3 is 15.5 Å². The molecule has 0 saturated heterocycles. The number of hydrogen-bond acceptors (Lipinski definition) is 3. The van der Waals surface area contributed by atoms with Crippen molar-refractivity contribution in [2.45, 2.75) is 69.9 Å². The lowest BCUT2D eigenvalue weighted by Gasteiger charge is -2.38. The van der Waals surface area contributed by atoms with E-state index in [0.29, 0.717) is 44.2 Å². The molecule has 4 heteroatoms. The fourth-order valence-corrected chi connectivity index (χ4v) is 3.52. The first-order chi connectivity index (χ1) is 9.00. The lowest BCUT2D eigenvalue weighted by atomic mass is 9.78. The molecule has 0 aliphatic heterocycles. The van der Waals surface area contributed by atoms with E-state index in [1.165, 1.54) is 25.7 Å². The van der Waals surface area contributed by atoms with E-state index < -0.39 is 11.6 Å². The fraction of sp³-hybridized carbons (Fsp3) is 0.933. The molecule has 2 unspecified atom stereocenters. The van der Waals surface area contributed by atoms with Gasteiger partial charge in [-0.15, -0.1) is 0 Å². The van der Waals surface area contributed by atoms with Crippen LogP contribution in [0.3, 0.4) is 0 Å². The minimum absolute atomic E-state index is 0.256. The van der Waals surface area contributed by atoms with Gasteiger partial charge in [-0.3, -0.25) is 4.79 Å². The Morgan fingerprint density at radius 2 is 1.84 bits per heavy atom. The average molecular weight is 269 g/mol. The summed E-state index contributed by atoms with van der Waals surface area (Å²) >= 11 is 0. The molecule has 0 aromatic carbocycles. The van der Waals surface area contributed by atoms with Crippen LogP contribution in [0, 0.1) is 11.8 Å². The molecule has 2 fully saturated rings. The van der Waals surface area contributed by atoms with Gasteiger partial charge in [0, 0.05) is 12.6 Å². The SMILES string of the molecule is CC1CCCCC1NCC1(O)CCC(C(=O)O)CC1. The van der Waals surface area contributed by atoms with E-state index in [1.54, 1.807) is 0 Å². The highest BCUT2D eigenvalue weighted by atomic mass is 16.4. The van der Waals surface area contributed by atoms with Gasteiger partial charge in [-0.25, -0.2) is 0 Å². The molecule has 0 amide bonds. The van der Waals surface area contributed by atoms with E-state index in [4.69, 9.17) is 5.11 Å². The molecule has 0 aromatic heterocycles. The van der Waals surface area contributed by atoms with Crippen molar-refractivity contribution in [1.29, 1.82) is 0 Å². The number of aliphatic carboxylic acids is 1. The van der Waals surface area contributed by atoms with Crippen LogP contribution in [0.4, 0.5) is 0 Å². The largest absolute Gasteiger partial charge is 0.481 e. The van der Waals surface area contributed by atoms with Gasteiger partial charge in [-0.2, -0.15) is 0 Å². The highest BCUT2D eigenvalue weighted by molar-refractivity contribution is 5.70. The number of carboxylic acids is 1. The zero-order valence-corrected chi connectivity index (χ0v) is 11.9. The Balaban J connectivity index is 1.77. The lowest BCUT2D eigenvalue weighted by Crippen LogP contribution is -2.49. The van der Waals surface area contributed by atoms with Crippen molar-refractivity contribution < 1.29 is 15.0 Å². The van der Waals surface area contributed by atoms with Crippen molar-refractivity contribution in [1.82, 2.24) is 5.32 Å². The molecule has 0 radical (unpaired) electrons. The number of rotatable bonds is 4. The minimum Gasteiger partial charge on any atom is -0.481 e. The Hall–Kier alpha value is -0.610. The summed E-state index contributed by atoms with van der Waals surface area (Å²) in [5.74, 6) is -0.280. The summed E-state index contributed by atoms with van der Waals surface area (Å²) in [5, 5.41) is 23.0. The first-order valence-corrected chi connectivity index (χ1v) is 7.69. The summed E-state index contributed by atoms with van der Waals surface area (Å²) in [7, 11) is 0. The quantitative estimate of drug-likeness (QED) is 0.731. The molecule has 3 N–H and O–H groups in total. The molecule has 2 atom stereocenters. The summed E-state index contributed by atoms with van der Waals surface area (Å²) < 4.78 is 0. The number of carboxylic acid groups (broad SMARTS) is 1. The number of aliphatic hydroxyl groups is 1. The Morgan fingerprint density at radius 1 is 1.21 bits per heavy atom. The number of nitrogens with one attached hydrogen (secondary N) is 1. The maximum absolute atomic E-state index is 10.9.